The second kappa shape index (κ2) is 5.73. The van der Waals surface area contributed by atoms with Gasteiger partial charge in [-0.15, -0.1) is 11.3 Å². The van der Waals surface area contributed by atoms with E-state index in [1.54, 1.807) is 11.3 Å². The first-order valence-electron chi connectivity index (χ1n) is 7.00. The van der Waals surface area contributed by atoms with Gasteiger partial charge in [0.15, 0.2) is 5.13 Å². The molecule has 6 heteroatoms. The third-order valence-electron chi connectivity index (χ3n) is 3.81. The number of piperazine rings is 1. The fourth-order valence-corrected chi connectivity index (χ4v) is 3.49. The summed E-state index contributed by atoms with van der Waals surface area (Å²) in [5.74, 6) is 0.135. The molecule has 110 valence electrons. The number of aryl methyl sites for hydroxylation is 1. The van der Waals surface area contributed by atoms with Crippen LogP contribution in [0.5, 0.6) is 0 Å². The lowest BCUT2D eigenvalue weighted by atomic mass is 10.0. The Morgan fingerprint density at radius 3 is 2.57 bits per heavy atom. The van der Waals surface area contributed by atoms with E-state index < -0.39 is 0 Å². The molecule has 0 atom stereocenters. The number of nitrogens with two attached hydrogens (primary N) is 1. The maximum Gasteiger partial charge on any atom is 0.185 e. The third-order valence-corrected chi connectivity index (χ3v) is 4.65. The molecule has 0 unspecified atom stereocenters. The monoisotopic (exact) mass is 301 g/mol. The van der Waals surface area contributed by atoms with Crippen molar-refractivity contribution in [3.8, 4) is 0 Å². The molecule has 0 spiro atoms. The van der Waals surface area contributed by atoms with Crippen LogP contribution in [0.3, 0.4) is 0 Å². The van der Waals surface area contributed by atoms with Crippen molar-refractivity contribution in [2.75, 3.05) is 36.0 Å². The minimum absolute atomic E-state index is 0.135. The van der Waals surface area contributed by atoms with Crippen molar-refractivity contribution in [3.05, 3.63) is 40.9 Å². The van der Waals surface area contributed by atoms with Gasteiger partial charge in [0, 0.05) is 43.3 Å². The van der Waals surface area contributed by atoms with Gasteiger partial charge in [-0.25, -0.2) is 4.98 Å². The molecule has 0 saturated carbocycles. The van der Waals surface area contributed by atoms with Crippen molar-refractivity contribution in [2.24, 2.45) is 5.73 Å². The van der Waals surface area contributed by atoms with Crippen molar-refractivity contribution < 1.29 is 0 Å². The number of hydrogen-bond donors (Lipinski definition) is 2. The summed E-state index contributed by atoms with van der Waals surface area (Å²) < 4.78 is 0. The molecule has 2 aromatic rings. The lowest BCUT2D eigenvalue weighted by molar-refractivity contribution is 0.650. The Kier molecular flexibility index (Phi) is 3.79. The zero-order chi connectivity index (χ0) is 14.8. The molecule has 1 aliphatic rings. The Hall–Kier alpha value is -2.08. The van der Waals surface area contributed by atoms with Gasteiger partial charge in [-0.2, -0.15) is 0 Å². The van der Waals surface area contributed by atoms with E-state index in [4.69, 9.17) is 11.1 Å². The number of aromatic nitrogens is 1. The number of rotatable bonds is 3. The largest absolute Gasteiger partial charge is 0.384 e. The minimum Gasteiger partial charge on any atom is -0.384 e. The quantitative estimate of drug-likeness (QED) is 0.672. The van der Waals surface area contributed by atoms with Crippen LogP contribution in [0, 0.1) is 12.3 Å². The van der Waals surface area contributed by atoms with Gasteiger partial charge in [-0.05, 0) is 18.6 Å². The fourth-order valence-electron chi connectivity index (χ4n) is 2.79. The van der Waals surface area contributed by atoms with Gasteiger partial charge in [0.2, 0.25) is 0 Å². The molecular formula is C15H19N5S. The number of anilines is 2. The number of benzene rings is 1. The van der Waals surface area contributed by atoms with E-state index in [1.165, 1.54) is 5.56 Å². The van der Waals surface area contributed by atoms with Crippen molar-refractivity contribution in [3.63, 3.8) is 0 Å². The fraction of sp³-hybridized carbons (Fsp3) is 0.333. The highest BCUT2D eigenvalue weighted by Gasteiger charge is 2.22. The van der Waals surface area contributed by atoms with Crippen LogP contribution in [0.4, 0.5) is 10.8 Å². The van der Waals surface area contributed by atoms with Crippen molar-refractivity contribution in [1.29, 1.82) is 5.41 Å². The Morgan fingerprint density at radius 2 is 1.95 bits per heavy atom. The number of hydrogen-bond acceptors (Lipinski definition) is 5. The summed E-state index contributed by atoms with van der Waals surface area (Å²) in [5.41, 5.74) is 8.84. The molecule has 0 aliphatic carbocycles. The molecule has 3 rings (SSSR count). The highest BCUT2D eigenvalue weighted by Crippen LogP contribution is 2.27. The summed E-state index contributed by atoms with van der Waals surface area (Å²) in [6.07, 6.45) is 1.85. The van der Waals surface area contributed by atoms with Crippen LogP contribution in [0.2, 0.25) is 0 Å². The number of nitrogens with zero attached hydrogens (tertiary/aromatic N) is 3. The Morgan fingerprint density at radius 1 is 1.24 bits per heavy atom. The lowest BCUT2D eigenvalue weighted by Crippen LogP contribution is -2.47. The van der Waals surface area contributed by atoms with E-state index in [9.17, 15) is 0 Å². The molecule has 0 bridgehead atoms. The number of nitrogens with one attached hydrogen (secondary N) is 1. The van der Waals surface area contributed by atoms with Gasteiger partial charge >= 0.3 is 0 Å². The van der Waals surface area contributed by atoms with Crippen LogP contribution >= 0.6 is 11.3 Å². The summed E-state index contributed by atoms with van der Waals surface area (Å²) >= 11 is 1.68. The molecule has 1 fully saturated rings. The molecule has 21 heavy (non-hydrogen) atoms. The van der Waals surface area contributed by atoms with E-state index in [1.807, 2.05) is 23.7 Å². The van der Waals surface area contributed by atoms with Gasteiger partial charge in [-0.3, -0.25) is 5.41 Å². The Bertz CT molecular complexity index is 630. The van der Waals surface area contributed by atoms with Crippen LogP contribution in [0.25, 0.3) is 0 Å². The van der Waals surface area contributed by atoms with Crippen LogP contribution in [0.1, 0.15) is 11.1 Å². The van der Waals surface area contributed by atoms with E-state index in [2.05, 4.69) is 27.8 Å². The summed E-state index contributed by atoms with van der Waals surface area (Å²) in [6, 6.07) is 5.97. The predicted molar refractivity (Wildman–Crippen MR) is 88.7 cm³/mol. The summed E-state index contributed by atoms with van der Waals surface area (Å²) in [4.78, 5) is 9.01. The molecule has 3 N–H and O–H groups in total. The maximum absolute atomic E-state index is 7.78. The minimum atomic E-state index is 0.135. The van der Waals surface area contributed by atoms with Crippen LogP contribution < -0.4 is 15.5 Å². The Labute approximate surface area is 128 Å². The van der Waals surface area contributed by atoms with Gasteiger partial charge in [0.1, 0.15) is 5.84 Å². The van der Waals surface area contributed by atoms with Gasteiger partial charge in [0.05, 0.1) is 5.69 Å². The normalized spacial score (nSPS) is 15.3. The number of amidine groups is 1. The number of thiazole rings is 1. The number of nitrogen functional groups attached to an aromatic ring is 1. The van der Waals surface area contributed by atoms with E-state index >= 15 is 0 Å². The summed E-state index contributed by atoms with van der Waals surface area (Å²) in [5, 5.41) is 10.9. The molecule has 1 aliphatic heterocycles. The third kappa shape index (κ3) is 2.71. The van der Waals surface area contributed by atoms with Crippen LogP contribution in [-0.2, 0) is 0 Å². The average molecular weight is 301 g/mol. The second-order valence-corrected chi connectivity index (χ2v) is 6.05. The predicted octanol–water partition coefficient (Wildman–Crippen LogP) is 2.06. The van der Waals surface area contributed by atoms with Gasteiger partial charge in [-0.1, -0.05) is 12.1 Å². The first-order valence-corrected chi connectivity index (χ1v) is 7.88. The van der Waals surface area contributed by atoms with E-state index in [0.29, 0.717) is 0 Å². The first kappa shape index (κ1) is 13.9. The molecule has 0 amide bonds. The highest BCUT2D eigenvalue weighted by molar-refractivity contribution is 7.13. The van der Waals surface area contributed by atoms with Crippen LogP contribution in [0.15, 0.2) is 29.8 Å². The Balaban J connectivity index is 1.80. The van der Waals surface area contributed by atoms with Gasteiger partial charge < -0.3 is 15.5 Å². The van der Waals surface area contributed by atoms with Gasteiger partial charge in [0.25, 0.3) is 0 Å². The molecular weight excluding hydrogens is 282 g/mol. The average Bonchev–Trinajstić information content (AvgIpc) is 3.01. The van der Waals surface area contributed by atoms with Crippen molar-refractivity contribution >= 4 is 28.0 Å². The van der Waals surface area contributed by atoms with Crippen molar-refractivity contribution in [1.82, 2.24) is 4.98 Å². The summed E-state index contributed by atoms with van der Waals surface area (Å²) in [7, 11) is 0. The molecule has 2 heterocycles. The van der Waals surface area contributed by atoms with Crippen LogP contribution in [-0.4, -0.2) is 37.0 Å². The van der Waals surface area contributed by atoms with Crippen molar-refractivity contribution in [2.45, 2.75) is 6.92 Å². The lowest BCUT2D eigenvalue weighted by Gasteiger charge is -2.37. The first-order chi connectivity index (χ1) is 10.2. The highest BCUT2D eigenvalue weighted by atomic mass is 32.1. The maximum atomic E-state index is 7.78. The van der Waals surface area contributed by atoms with E-state index in [0.717, 1.165) is 42.6 Å². The molecule has 1 aromatic carbocycles. The SMILES string of the molecule is Cc1cccc(C(=N)N)c1N1CCN(c2nccs2)CC1. The molecule has 1 aromatic heterocycles. The second-order valence-electron chi connectivity index (χ2n) is 5.17. The molecule has 5 nitrogen and oxygen atoms in total. The number of para-hydroxylation sites is 1. The smallest absolute Gasteiger partial charge is 0.185 e. The van der Waals surface area contributed by atoms with E-state index in [-0.39, 0.29) is 5.84 Å². The zero-order valence-electron chi connectivity index (χ0n) is 12.0. The molecule has 0 radical (unpaired) electrons. The topological polar surface area (TPSA) is 69.2 Å². The molecule has 1 saturated heterocycles. The summed E-state index contributed by atoms with van der Waals surface area (Å²) in [6.45, 7) is 5.81. The zero-order valence-corrected chi connectivity index (χ0v) is 12.9. The standard InChI is InChI=1S/C15H19N5S/c1-11-3-2-4-12(14(16)17)13(11)19-6-8-20(9-7-19)15-18-5-10-21-15/h2-5,10H,6-9H2,1H3,(H3,16,17).